The lowest BCUT2D eigenvalue weighted by molar-refractivity contribution is -0.148. The molecule has 10 heteroatoms. The van der Waals surface area contributed by atoms with Gasteiger partial charge in [0.15, 0.2) is 0 Å². The molecule has 0 saturated heterocycles. The van der Waals surface area contributed by atoms with Crippen LogP contribution in [0, 0.1) is 5.92 Å². The molecule has 10 nitrogen and oxygen atoms in total. The molecule has 0 bridgehead atoms. The molecule has 1 aromatic carbocycles. The van der Waals surface area contributed by atoms with Crippen LogP contribution in [0.5, 0.6) is 5.75 Å². The zero-order chi connectivity index (χ0) is 27.8. The Hall–Kier alpha value is -3.30. The summed E-state index contributed by atoms with van der Waals surface area (Å²) < 4.78 is 10.3. The van der Waals surface area contributed by atoms with Crippen molar-refractivity contribution in [3.05, 3.63) is 29.8 Å². The predicted octanol–water partition coefficient (Wildman–Crippen LogP) is 3.43. The molecular formula is C27H41N3O7. The minimum absolute atomic E-state index is 0.0121. The molecule has 1 saturated carbocycles. The fourth-order valence-electron chi connectivity index (χ4n) is 4.05. The first-order chi connectivity index (χ1) is 17.4. The number of nitrogens with zero attached hydrogens (tertiary/aromatic N) is 1. The summed E-state index contributed by atoms with van der Waals surface area (Å²) in [5.41, 5.74) is -0.490. The van der Waals surface area contributed by atoms with E-state index in [9.17, 15) is 24.3 Å². The summed E-state index contributed by atoms with van der Waals surface area (Å²) in [7, 11) is 0. The number of hydrogen-bond acceptors (Lipinski definition) is 7. The lowest BCUT2D eigenvalue weighted by Crippen LogP contribution is -2.58. The van der Waals surface area contributed by atoms with Crippen molar-refractivity contribution in [2.45, 2.75) is 91.0 Å². The number of nitrogens with one attached hydrogen (secondary N) is 2. The highest BCUT2D eigenvalue weighted by molar-refractivity contribution is 5.93. The maximum Gasteiger partial charge on any atom is 0.408 e. The Labute approximate surface area is 219 Å². The molecule has 3 N–H and O–H groups in total. The minimum Gasteiger partial charge on any atom is -0.508 e. The number of carbonyl (C=O) groups is 4. The van der Waals surface area contributed by atoms with Crippen LogP contribution in [-0.2, 0) is 23.9 Å². The fraction of sp³-hybridized carbons (Fsp3) is 0.630. The standard InChI is InChI=1S/C27H41N3O7/c1-7-36-21(32)15-16-28-24(33)23(19-13-8-9-14-20(19)31)30(18-11-10-12-18)25(34)22(17(2)3)29-26(35)37-27(4,5)6/h8-9,13-14,17-18,22-23,31H,7,10-12,15-16H2,1-6H3,(H,28,33)(H,29,35). The van der Waals surface area contributed by atoms with Gasteiger partial charge in [-0.15, -0.1) is 0 Å². The normalized spacial score (nSPS) is 15.2. The fourth-order valence-corrected chi connectivity index (χ4v) is 4.05. The van der Waals surface area contributed by atoms with E-state index in [1.807, 2.05) is 0 Å². The van der Waals surface area contributed by atoms with Crippen molar-refractivity contribution >= 4 is 23.9 Å². The number of rotatable bonds is 11. The molecule has 2 unspecified atom stereocenters. The number of alkyl carbamates (subject to hydrolysis) is 1. The van der Waals surface area contributed by atoms with Crippen LogP contribution in [0.4, 0.5) is 4.79 Å². The number of phenolic OH excluding ortho intramolecular Hbond substituents is 1. The number of aromatic hydroxyl groups is 1. The van der Waals surface area contributed by atoms with E-state index >= 15 is 0 Å². The quantitative estimate of drug-likeness (QED) is 0.381. The van der Waals surface area contributed by atoms with Crippen LogP contribution in [-0.4, -0.2) is 64.7 Å². The Morgan fingerprint density at radius 3 is 2.30 bits per heavy atom. The maximum absolute atomic E-state index is 14.0. The van der Waals surface area contributed by atoms with Gasteiger partial charge in [-0.1, -0.05) is 32.0 Å². The molecular weight excluding hydrogens is 478 g/mol. The van der Waals surface area contributed by atoms with Crippen molar-refractivity contribution in [2.75, 3.05) is 13.2 Å². The highest BCUT2D eigenvalue weighted by Crippen LogP contribution is 2.37. The van der Waals surface area contributed by atoms with Gasteiger partial charge in [-0.25, -0.2) is 4.79 Å². The van der Waals surface area contributed by atoms with E-state index in [-0.39, 0.29) is 42.8 Å². The number of carbonyl (C=O) groups excluding carboxylic acids is 4. The number of hydrogen-bond donors (Lipinski definition) is 3. The highest BCUT2D eigenvalue weighted by Gasteiger charge is 2.43. The predicted molar refractivity (Wildman–Crippen MR) is 138 cm³/mol. The van der Waals surface area contributed by atoms with Gasteiger partial charge in [0.2, 0.25) is 11.8 Å². The Kier molecular flexibility index (Phi) is 10.8. The summed E-state index contributed by atoms with van der Waals surface area (Å²) in [5.74, 6) is -1.87. The third-order valence-corrected chi connectivity index (χ3v) is 6.02. The van der Waals surface area contributed by atoms with Crippen molar-refractivity contribution in [3.63, 3.8) is 0 Å². The zero-order valence-electron chi connectivity index (χ0n) is 22.7. The molecule has 0 spiro atoms. The molecule has 206 valence electrons. The molecule has 1 aliphatic rings. The smallest absolute Gasteiger partial charge is 0.408 e. The number of benzene rings is 1. The van der Waals surface area contributed by atoms with Gasteiger partial charge in [-0.2, -0.15) is 0 Å². The van der Waals surface area contributed by atoms with Crippen LogP contribution in [0.25, 0.3) is 0 Å². The first kappa shape index (κ1) is 29.9. The van der Waals surface area contributed by atoms with Gasteiger partial charge in [-0.05, 0) is 58.9 Å². The molecule has 37 heavy (non-hydrogen) atoms. The SMILES string of the molecule is CCOC(=O)CCNC(=O)C(c1ccccc1O)N(C(=O)C(NC(=O)OC(C)(C)C)C(C)C)C1CCC1. The van der Waals surface area contributed by atoms with Gasteiger partial charge in [0.1, 0.15) is 23.4 Å². The summed E-state index contributed by atoms with van der Waals surface area (Å²) in [6.07, 6.45) is 1.50. The molecule has 1 aliphatic carbocycles. The number of para-hydroxylation sites is 1. The van der Waals surface area contributed by atoms with Crippen LogP contribution in [0.2, 0.25) is 0 Å². The number of ether oxygens (including phenoxy) is 2. The Balaban J connectivity index is 2.41. The third kappa shape index (κ3) is 8.65. The average Bonchev–Trinajstić information content (AvgIpc) is 2.75. The van der Waals surface area contributed by atoms with Crippen LogP contribution < -0.4 is 10.6 Å². The topological polar surface area (TPSA) is 134 Å². The molecule has 0 aliphatic heterocycles. The molecule has 3 amide bonds. The average molecular weight is 520 g/mol. The van der Waals surface area contributed by atoms with Gasteiger partial charge >= 0.3 is 12.1 Å². The molecule has 1 fully saturated rings. The van der Waals surface area contributed by atoms with E-state index in [0.29, 0.717) is 12.8 Å². The van der Waals surface area contributed by atoms with Crippen molar-refractivity contribution in [3.8, 4) is 5.75 Å². The first-order valence-electron chi connectivity index (χ1n) is 12.9. The molecule has 0 radical (unpaired) electrons. The van der Waals surface area contributed by atoms with E-state index in [0.717, 1.165) is 6.42 Å². The Morgan fingerprint density at radius 2 is 1.78 bits per heavy atom. The largest absolute Gasteiger partial charge is 0.508 e. The van der Waals surface area contributed by atoms with E-state index in [2.05, 4.69) is 10.6 Å². The molecule has 2 atom stereocenters. The summed E-state index contributed by atoms with van der Waals surface area (Å²) in [5, 5.41) is 16.1. The number of esters is 1. The summed E-state index contributed by atoms with van der Waals surface area (Å²) in [6.45, 7) is 10.7. The van der Waals surface area contributed by atoms with Crippen LogP contribution >= 0.6 is 0 Å². The van der Waals surface area contributed by atoms with E-state index < -0.39 is 41.6 Å². The second-order valence-corrected chi connectivity index (χ2v) is 10.5. The highest BCUT2D eigenvalue weighted by atomic mass is 16.6. The lowest BCUT2D eigenvalue weighted by Gasteiger charge is -2.44. The van der Waals surface area contributed by atoms with Gasteiger partial charge in [0.25, 0.3) is 0 Å². The summed E-state index contributed by atoms with van der Waals surface area (Å²) >= 11 is 0. The van der Waals surface area contributed by atoms with Crippen molar-refractivity contribution in [2.24, 2.45) is 5.92 Å². The van der Waals surface area contributed by atoms with Crippen LogP contribution in [0.15, 0.2) is 24.3 Å². The third-order valence-electron chi connectivity index (χ3n) is 6.02. The zero-order valence-corrected chi connectivity index (χ0v) is 22.7. The molecule has 0 aromatic heterocycles. The van der Waals surface area contributed by atoms with Gasteiger partial charge in [-0.3, -0.25) is 14.4 Å². The molecule has 0 heterocycles. The maximum atomic E-state index is 14.0. The van der Waals surface area contributed by atoms with E-state index in [1.54, 1.807) is 59.7 Å². The van der Waals surface area contributed by atoms with E-state index in [1.165, 1.54) is 11.0 Å². The van der Waals surface area contributed by atoms with Crippen LogP contribution in [0.3, 0.4) is 0 Å². The van der Waals surface area contributed by atoms with Crippen molar-refractivity contribution in [1.29, 1.82) is 0 Å². The van der Waals surface area contributed by atoms with Crippen molar-refractivity contribution in [1.82, 2.24) is 15.5 Å². The Bertz CT molecular complexity index is 954. The van der Waals surface area contributed by atoms with Gasteiger partial charge in [0.05, 0.1) is 13.0 Å². The second-order valence-electron chi connectivity index (χ2n) is 10.5. The number of amides is 3. The van der Waals surface area contributed by atoms with Crippen molar-refractivity contribution < 1.29 is 33.8 Å². The first-order valence-corrected chi connectivity index (χ1v) is 12.9. The Morgan fingerprint density at radius 1 is 1.14 bits per heavy atom. The molecule has 2 rings (SSSR count). The second kappa shape index (κ2) is 13.3. The monoisotopic (exact) mass is 519 g/mol. The van der Waals surface area contributed by atoms with E-state index in [4.69, 9.17) is 9.47 Å². The minimum atomic E-state index is -1.16. The van der Waals surface area contributed by atoms with Crippen LogP contribution in [0.1, 0.15) is 78.8 Å². The molecule has 1 aromatic rings. The summed E-state index contributed by atoms with van der Waals surface area (Å²) in [4.78, 5) is 53.4. The van der Waals surface area contributed by atoms with Gasteiger partial charge < -0.3 is 30.1 Å². The number of phenols is 1. The lowest BCUT2D eigenvalue weighted by atomic mass is 9.87. The van der Waals surface area contributed by atoms with Gasteiger partial charge in [0, 0.05) is 18.2 Å². The summed E-state index contributed by atoms with van der Waals surface area (Å²) in [6, 6.07) is 3.97.